The number of allylic oxidation sites excluding steroid dienone is 1. The topological polar surface area (TPSA) is 29.5 Å². The van der Waals surface area contributed by atoms with E-state index in [1.165, 1.54) is 6.08 Å². The zero-order valence-corrected chi connectivity index (χ0v) is 14.1. The first-order valence-corrected chi connectivity index (χ1v) is 10.0. The van der Waals surface area contributed by atoms with E-state index in [9.17, 15) is 9.19 Å². The molecule has 0 unspecified atom stereocenters. The van der Waals surface area contributed by atoms with Crippen molar-refractivity contribution in [3.8, 4) is 0 Å². The summed E-state index contributed by atoms with van der Waals surface area (Å²) in [5, 5.41) is -0.176. The SMILES string of the molecule is C=CCO[C@@]1(C=C)C[C@@H](CC(C)(C)[Si](C)(C)O)C=C1F. The van der Waals surface area contributed by atoms with Crippen molar-refractivity contribution in [2.75, 3.05) is 6.61 Å². The van der Waals surface area contributed by atoms with Crippen LogP contribution in [0.1, 0.15) is 26.7 Å². The summed E-state index contributed by atoms with van der Waals surface area (Å²) >= 11 is 0. The molecule has 2 nitrogen and oxygen atoms in total. The van der Waals surface area contributed by atoms with Gasteiger partial charge < -0.3 is 9.53 Å². The van der Waals surface area contributed by atoms with Crippen molar-refractivity contribution in [3.63, 3.8) is 0 Å². The molecule has 0 bridgehead atoms. The molecule has 0 aromatic heterocycles. The number of halogens is 1. The van der Waals surface area contributed by atoms with E-state index in [1.54, 1.807) is 12.2 Å². The summed E-state index contributed by atoms with van der Waals surface area (Å²) in [5.74, 6) is -0.209. The van der Waals surface area contributed by atoms with Crippen molar-refractivity contribution in [1.82, 2.24) is 0 Å². The van der Waals surface area contributed by atoms with Gasteiger partial charge in [-0.3, -0.25) is 0 Å². The highest BCUT2D eigenvalue weighted by Crippen LogP contribution is 2.48. The fourth-order valence-electron chi connectivity index (χ4n) is 2.51. The third kappa shape index (κ3) is 3.48. The molecule has 1 N–H and O–H groups in total. The molecule has 20 heavy (non-hydrogen) atoms. The molecule has 0 aromatic carbocycles. The van der Waals surface area contributed by atoms with Gasteiger partial charge in [-0.05, 0) is 43.0 Å². The number of hydrogen-bond acceptors (Lipinski definition) is 2. The minimum Gasteiger partial charge on any atom is -0.432 e. The maximum atomic E-state index is 14.3. The van der Waals surface area contributed by atoms with E-state index in [1.807, 2.05) is 13.1 Å². The lowest BCUT2D eigenvalue weighted by atomic mass is 9.91. The first-order valence-electron chi connectivity index (χ1n) is 7.06. The van der Waals surface area contributed by atoms with Crippen molar-refractivity contribution >= 4 is 8.32 Å². The Morgan fingerprint density at radius 1 is 1.55 bits per heavy atom. The van der Waals surface area contributed by atoms with Gasteiger partial charge in [-0.15, -0.1) is 6.58 Å². The predicted molar refractivity (Wildman–Crippen MR) is 84.7 cm³/mol. The second kappa shape index (κ2) is 5.96. The van der Waals surface area contributed by atoms with Gasteiger partial charge in [0.25, 0.3) is 0 Å². The molecular formula is C16H27FO2Si. The molecule has 0 saturated heterocycles. The maximum absolute atomic E-state index is 14.3. The molecular weight excluding hydrogens is 271 g/mol. The molecule has 0 aromatic rings. The van der Waals surface area contributed by atoms with Crippen molar-refractivity contribution in [1.29, 1.82) is 0 Å². The van der Waals surface area contributed by atoms with Crippen LogP contribution in [0.3, 0.4) is 0 Å². The highest BCUT2D eigenvalue weighted by atomic mass is 28.4. The van der Waals surface area contributed by atoms with Gasteiger partial charge >= 0.3 is 0 Å². The number of rotatable bonds is 7. The molecule has 0 amide bonds. The summed E-state index contributed by atoms with van der Waals surface area (Å²) in [7, 11) is -2.29. The predicted octanol–water partition coefficient (Wildman–Crippen LogP) is 4.35. The number of ether oxygens (including phenoxy) is 1. The quantitative estimate of drug-likeness (QED) is 0.559. The summed E-state index contributed by atoms with van der Waals surface area (Å²) in [5.41, 5.74) is -1.02. The van der Waals surface area contributed by atoms with Crippen LogP contribution in [-0.4, -0.2) is 25.3 Å². The lowest BCUT2D eigenvalue weighted by Gasteiger charge is -2.37. The van der Waals surface area contributed by atoms with E-state index in [4.69, 9.17) is 4.74 Å². The van der Waals surface area contributed by atoms with E-state index in [0.717, 1.165) is 6.42 Å². The molecule has 0 saturated carbocycles. The molecule has 0 aliphatic heterocycles. The van der Waals surface area contributed by atoms with Crippen LogP contribution in [0.25, 0.3) is 0 Å². The van der Waals surface area contributed by atoms with Crippen molar-refractivity contribution < 1.29 is 13.9 Å². The zero-order valence-electron chi connectivity index (χ0n) is 13.1. The summed E-state index contributed by atoms with van der Waals surface area (Å²) in [6.07, 6.45) is 6.08. The van der Waals surface area contributed by atoms with E-state index >= 15 is 0 Å². The zero-order chi connectivity index (χ0) is 15.6. The van der Waals surface area contributed by atoms with Crippen molar-refractivity contribution in [2.45, 2.75) is 50.4 Å². The Morgan fingerprint density at radius 3 is 2.60 bits per heavy atom. The van der Waals surface area contributed by atoms with E-state index < -0.39 is 13.9 Å². The Morgan fingerprint density at radius 2 is 2.15 bits per heavy atom. The Balaban J connectivity index is 2.84. The first kappa shape index (κ1) is 17.3. The van der Waals surface area contributed by atoms with Gasteiger partial charge in [-0.1, -0.05) is 32.6 Å². The van der Waals surface area contributed by atoms with E-state index in [2.05, 4.69) is 27.0 Å². The molecule has 1 aliphatic carbocycles. The number of hydrogen-bond donors (Lipinski definition) is 1. The largest absolute Gasteiger partial charge is 0.432 e. The molecule has 1 rings (SSSR count). The molecule has 4 heteroatoms. The van der Waals surface area contributed by atoms with Crippen LogP contribution in [0.2, 0.25) is 18.1 Å². The van der Waals surface area contributed by atoms with Crippen LogP contribution >= 0.6 is 0 Å². The van der Waals surface area contributed by atoms with E-state index in [-0.39, 0.29) is 16.8 Å². The molecule has 0 heterocycles. The summed E-state index contributed by atoms with van der Waals surface area (Å²) in [4.78, 5) is 10.4. The molecule has 114 valence electrons. The van der Waals surface area contributed by atoms with Crippen LogP contribution in [0.15, 0.2) is 37.2 Å². The second-order valence-electron chi connectivity index (χ2n) is 6.82. The van der Waals surface area contributed by atoms with Crippen molar-refractivity contribution in [3.05, 3.63) is 37.2 Å². The smallest absolute Gasteiger partial charge is 0.188 e. The lowest BCUT2D eigenvalue weighted by Crippen LogP contribution is -2.40. The Hall–Kier alpha value is -0.713. The van der Waals surface area contributed by atoms with Crippen LogP contribution in [-0.2, 0) is 4.74 Å². The van der Waals surface area contributed by atoms with Crippen molar-refractivity contribution in [2.24, 2.45) is 5.92 Å². The monoisotopic (exact) mass is 298 g/mol. The molecule has 0 radical (unpaired) electrons. The minimum atomic E-state index is -2.29. The highest BCUT2D eigenvalue weighted by Gasteiger charge is 2.45. The van der Waals surface area contributed by atoms with Gasteiger partial charge in [-0.25, -0.2) is 4.39 Å². The third-order valence-corrected chi connectivity index (χ3v) is 8.09. The average Bonchev–Trinajstić information content (AvgIpc) is 2.61. The Kier molecular flexibility index (Phi) is 5.16. The summed E-state index contributed by atoms with van der Waals surface area (Å²) in [6.45, 7) is 15.6. The Labute approximate surface area is 123 Å². The van der Waals surface area contributed by atoms with Gasteiger partial charge in [0.2, 0.25) is 0 Å². The standard InChI is InChI=1S/C16H27FO2Si/c1-7-9-19-16(8-2)12-13(10-14(16)17)11-15(3,4)20(5,6)18/h7-8,10,13,18H,1-2,9,11-12H2,3-6H3/t13-,16+/m1/s1. The fraction of sp³-hybridized carbons (Fsp3) is 0.625. The third-order valence-electron chi connectivity index (χ3n) is 4.57. The van der Waals surface area contributed by atoms with Gasteiger partial charge in [0.1, 0.15) is 11.4 Å². The van der Waals surface area contributed by atoms with Crippen LogP contribution < -0.4 is 0 Å². The van der Waals surface area contributed by atoms with Crippen LogP contribution in [0.5, 0.6) is 0 Å². The first-order chi connectivity index (χ1) is 9.08. The van der Waals surface area contributed by atoms with E-state index in [0.29, 0.717) is 13.0 Å². The molecule has 0 spiro atoms. The van der Waals surface area contributed by atoms with Gasteiger partial charge in [0, 0.05) is 0 Å². The highest BCUT2D eigenvalue weighted by molar-refractivity contribution is 6.72. The molecule has 1 aliphatic rings. The molecule has 0 fully saturated rings. The summed E-state index contributed by atoms with van der Waals surface area (Å²) in [6, 6.07) is 0. The van der Waals surface area contributed by atoms with Crippen LogP contribution in [0.4, 0.5) is 4.39 Å². The second-order valence-corrected chi connectivity index (χ2v) is 11.3. The summed E-state index contributed by atoms with van der Waals surface area (Å²) < 4.78 is 19.9. The Bertz CT molecular complexity index is 409. The van der Waals surface area contributed by atoms with Gasteiger partial charge in [0.05, 0.1) is 6.61 Å². The minimum absolute atomic E-state index is 0.0618. The van der Waals surface area contributed by atoms with Gasteiger partial charge in [0.15, 0.2) is 8.32 Å². The molecule has 2 atom stereocenters. The van der Waals surface area contributed by atoms with Gasteiger partial charge in [-0.2, -0.15) is 0 Å². The average molecular weight is 298 g/mol. The fourth-order valence-corrected chi connectivity index (χ4v) is 3.27. The lowest BCUT2D eigenvalue weighted by molar-refractivity contribution is 0.0171. The maximum Gasteiger partial charge on any atom is 0.188 e. The van der Waals surface area contributed by atoms with Crippen LogP contribution in [0, 0.1) is 5.92 Å². The normalized spacial score (nSPS) is 27.3.